The molecule has 2 atom stereocenters. The summed E-state index contributed by atoms with van der Waals surface area (Å²) in [4.78, 5) is 39.9. The van der Waals surface area contributed by atoms with Crippen LogP contribution in [0.4, 0.5) is 4.79 Å². The number of hydrogen-bond donors (Lipinski definition) is 3. The van der Waals surface area contributed by atoms with E-state index in [1.54, 1.807) is 20.8 Å². The average molecular weight is 487 g/mol. The Morgan fingerprint density at radius 3 is 2.12 bits per heavy atom. The van der Waals surface area contributed by atoms with E-state index in [1.165, 1.54) is 19.3 Å². The SMILES string of the molecule is [2H]N[C@@H](CCCCN)C(=O)[C@@](CC(C)C)(NC(=O)OC(C)(C)C)C(=O)OCCCCCCCCC. The molecule has 8 heteroatoms. The molecule has 5 N–H and O–H groups in total. The fraction of sp³-hybridized carbons (Fsp3) is 0.885. The van der Waals surface area contributed by atoms with Crippen molar-refractivity contribution < 1.29 is 25.3 Å². The maximum atomic E-state index is 13.7. The van der Waals surface area contributed by atoms with Crippen molar-refractivity contribution in [2.24, 2.45) is 17.4 Å². The van der Waals surface area contributed by atoms with Gasteiger partial charge in [0.25, 0.3) is 0 Å². The summed E-state index contributed by atoms with van der Waals surface area (Å²) in [6.45, 7) is 11.7. The summed E-state index contributed by atoms with van der Waals surface area (Å²) < 4.78 is 18.7. The fourth-order valence-electron chi connectivity index (χ4n) is 3.81. The largest absolute Gasteiger partial charge is 0.464 e. The van der Waals surface area contributed by atoms with Crippen LogP contribution in [0.3, 0.4) is 0 Å². The smallest absolute Gasteiger partial charge is 0.408 e. The molecule has 1 amide bonds. The minimum atomic E-state index is -1.95. The van der Waals surface area contributed by atoms with Gasteiger partial charge in [-0.15, -0.1) is 0 Å². The zero-order chi connectivity index (χ0) is 26.9. The second-order valence-corrected chi connectivity index (χ2v) is 10.6. The number of esters is 1. The number of Topliss-reactive ketones (excluding diaryl/α,β-unsaturated/α-hetero) is 1. The lowest BCUT2D eigenvalue weighted by atomic mass is 9.81. The summed E-state index contributed by atoms with van der Waals surface area (Å²) in [7, 11) is 0. The number of nitrogens with one attached hydrogen (secondary N) is 1. The maximum Gasteiger partial charge on any atom is 0.408 e. The van der Waals surface area contributed by atoms with Gasteiger partial charge in [0, 0.05) is 0 Å². The molecule has 0 aliphatic rings. The predicted molar refractivity (Wildman–Crippen MR) is 136 cm³/mol. The van der Waals surface area contributed by atoms with Crippen LogP contribution in [0.5, 0.6) is 0 Å². The minimum Gasteiger partial charge on any atom is -0.464 e. The summed E-state index contributed by atoms with van der Waals surface area (Å²) in [6.07, 6.45) is 8.23. The van der Waals surface area contributed by atoms with Crippen molar-refractivity contribution >= 4 is 17.8 Å². The number of carbonyl (C=O) groups is 3. The summed E-state index contributed by atoms with van der Waals surface area (Å²) in [5, 5.41) is 2.57. The molecule has 0 spiro atoms. The molecule has 0 aliphatic carbocycles. The van der Waals surface area contributed by atoms with Gasteiger partial charge in [0.15, 0.2) is 5.78 Å². The Hall–Kier alpha value is -1.67. The fourth-order valence-corrected chi connectivity index (χ4v) is 3.81. The Labute approximate surface area is 208 Å². The Morgan fingerprint density at radius 1 is 0.971 bits per heavy atom. The molecule has 0 saturated carbocycles. The zero-order valence-electron chi connectivity index (χ0n) is 23.5. The Morgan fingerprint density at radius 2 is 1.59 bits per heavy atom. The van der Waals surface area contributed by atoms with Crippen LogP contribution in [0.1, 0.15) is 112 Å². The zero-order valence-corrected chi connectivity index (χ0v) is 22.5. The first kappa shape index (κ1) is 30.4. The third kappa shape index (κ3) is 13.3. The van der Waals surface area contributed by atoms with Crippen molar-refractivity contribution in [2.75, 3.05) is 13.2 Å². The second kappa shape index (κ2) is 16.9. The van der Waals surface area contributed by atoms with Gasteiger partial charge in [-0.2, -0.15) is 0 Å². The highest BCUT2D eigenvalue weighted by atomic mass is 16.6. The molecule has 34 heavy (non-hydrogen) atoms. The van der Waals surface area contributed by atoms with E-state index in [0.717, 1.165) is 19.3 Å². The molecule has 0 heterocycles. The van der Waals surface area contributed by atoms with E-state index in [1.807, 2.05) is 13.8 Å². The number of nitrogens with two attached hydrogens (primary N) is 2. The molecule has 0 rings (SSSR count). The normalized spacial score (nSPS) is 14.8. The molecule has 200 valence electrons. The van der Waals surface area contributed by atoms with Crippen molar-refractivity contribution in [3.05, 3.63) is 0 Å². The van der Waals surface area contributed by atoms with Crippen molar-refractivity contribution in [1.29, 1.82) is 0 Å². The lowest BCUT2D eigenvalue weighted by molar-refractivity contribution is -0.157. The van der Waals surface area contributed by atoms with Crippen LogP contribution in [0, 0.1) is 5.92 Å². The Kier molecular flexibility index (Phi) is 15.1. The van der Waals surface area contributed by atoms with Gasteiger partial charge in [-0.05, 0) is 58.9 Å². The number of carbonyl (C=O) groups excluding carboxylic acids is 3. The van der Waals surface area contributed by atoms with Crippen LogP contribution in [-0.4, -0.2) is 48.2 Å². The monoisotopic (exact) mass is 486 g/mol. The summed E-state index contributed by atoms with van der Waals surface area (Å²) in [5.41, 5.74) is 5.09. The van der Waals surface area contributed by atoms with E-state index in [-0.39, 0.29) is 18.9 Å². The first-order chi connectivity index (χ1) is 16.4. The van der Waals surface area contributed by atoms with E-state index in [0.29, 0.717) is 32.2 Å². The molecule has 0 radical (unpaired) electrons. The summed E-state index contributed by atoms with van der Waals surface area (Å²) in [6, 6.07) is -0.957. The van der Waals surface area contributed by atoms with Crippen molar-refractivity contribution in [1.82, 2.24) is 5.32 Å². The van der Waals surface area contributed by atoms with Crippen LogP contribution < -0.4 is 16.8 Å². The van der Waals surface area contributed by atoms with Gasteiger partial charge in [-0.25, -0.2) is 9.59 Å². The predicted octanol–water partition coefficient (Wildman–Crippen LogP) is 4.62. The van der Waals surface area contributed by atoms with Gasteiger partial charge < -0.3 is 20.9 Å². The molecule has 0 aromatic rings. The van der Waals surface area contributed by atoms with Gasteiger partial charge in [-0.1, -0.05) is 65.7 Å². The lowest BCUT2D eigenvalue weighted by Gasteiger charge is -2.35. The van der Waals surface area contributed by atoms with Crippen LogP contribution in [-0.2, 0) is 19.1 Å². The minimum absolute atomic E-state index is 0.0377. The molecule has 0 saturated heterocycles. The highest BCUT2D eigenvalue weighted by molar-refractivity contribution is 6.12. The van der Waals surface area contributed by atoms with Crippen LogP contribution >= 0.6 is 0 Å². The van der Waals surface area contributed by atoms with E-state index in [4.69, 9.17) is 16.6 Å². The number of rotatable bonds is 19. The third-order valence-corrected chi connectivity index (χ3v) is 5.44. The third-order valence-electron chi connectivity index (χ3n) is 5.44. The molecular weight excluding hydrogens is 434 g/mol. The van der Waals surface area contributed by atoms with Gasteiger partial charge in [-0.3, -0.25) is 10.1 Å². The highest BCUT2D eigenvalue weighted by Gasteiger charge is 2.51. The van der Waals surface area contributed by atoms with Gasteiger partial charge in [0.2, 0.25) is 5.54 Å². The number of ether oxygens (including phenoxy) is 2. The Bertz CT molecular complexity index is 625. The average Bonchev–Trinajstić information content (AvgIpc) is 2.75. The number of unbranched alkanes of at least 4 members (excludes halogenated alkanes) is 7. The molecule has 0 fully saturated rings. The van der Waals surface area contributed by atoms with E-state index in [2.05, 4.69) is 18.0 Å². The molecule has 0 aromatic heterocycles. The van der Waals surface area contributed by atoms with Crippen LogP contribution in [0.15, 0.2) is 0 Å². The molecule has 8 nitrogen and oxygen atoms in total. The number of hydrogen-bond acceptors (Lipinski definition) is 7. The quantitative estimate of drug-likeness (QED) is 0.138. The van der Waals surface area contributed by atoms with E-state index in [9.17, 15) is 14.4 Å². The molecule has 0 bridgehead atoms. The summed E-state index contributed by atoms with van der Waals surface area (Å²) in [5.74, 6) is -1.50. The first-order valence-electron chi connectivity index (χ1n) is 13.5. The van der Waals surface area contributed by atoms with Gasteiger partial charge >= 0.3 is 12.1 Å². The lowest BCUT2D eigenvalue weighted by Crippen LogP contribution is -2.65. The topological polar surface area (TPSA) is 134 Å². The van der Waals surface area contributed by atoms with E-state index >= 15 is 0 Å². The molecule has 0 aliphatic heterocycles. The van der Waals surface area contributed by atoms with Crippen molar-refractivity contribution in [3.8, 4) is 0 Å². The second-order valence-electron chi connectivity index (χ2n) is 10.6. The van der Waals surface area contributed by atoms with E-state index < -0.39 is 35.0 Å². The Balaban J connectivity index is 5.66. The number of ketones is 1. The molecular formula is C26H51N3O5. The van der Waals surface area contributed by atoms with Crippen LogP contribution in [0.2, 0.25) is 1.41 Å². The highest BCUT2D eigenvalue weighted by Crippen LogP contribution is 2.24. The van der Waals surface area contributed by atoms with Crippen LogP contribution in [0.25, 0.3) is 0 Å². The number of alkyl carbamates (subject to hydrolysis) is 1. The van der Waals surface area contributed by atoms with Crippen molar-refractivity contribution in [2.45, 2.75) is 129 Å². The standard InChI is InChI=1S/C26H51N3O5/c1-7-8-9-10-11-12-15-18-33-23(31)26(19-20(2)3,29-24(32)34-25(4,5)6)22(30)21(28)16-13-14-17-27/h20-21H,7-19,27-28H2,1-6H3,(H,29,32)/t21-,26+/m0/s1/i/hD. The van der Waals surface area contributed by atoms with Gasteiger partial charge in [0.05, 0.1) is 12.6 Å². The molecule has 0 unspecified atom stereocenters. The van der Waals surface area contributed by atoms with Crippen molar-refractivity contribution in [3.63, 3.8) is 0 Å². The maximum absolute atomic E-state index is 13.7. The first-order valence-corrected chi connectivity index (χ1v) is 13.0. The summed E-state index contributed by atoms with van der Waals surface area (Å²) >= 11 is 0. The molecule has 0 aromatic carbocycles. The number of amides is 1. The van der Waals surface area contributed by atoms with Gasteiger partial charge in [0.1, 0.15) is 7.01 Å².